The summed E-state index contributed by atoms with van der Waals surface area (Å²) < 4.78 is 15.7. The molecular weight excluding hydrogens is 150 g/mol. The first kappa shape index (κ1) is 6.75. The van der Waals surface area contributed by atoms with Gasteiger partial charge >= 0.3 is 8.80 Å². The van der Waals surface area contributed by atoms with Gasteiger partial charge in [0.25, 0.3) is 6.48 Å². The first-order valence-corrected chi connectivity index (χ1v) is 5.46. The summed E-state index contributed by atoms with van der Waals surface area (Å²) >= 11 is 0. The third kappa shape index (κ3) is 0.905. The van der Waals surface area contributed by atoms with Crippen LogP contribution in [-0.4, -0.2) is 28.9 Å². The van der Waals surface area contributed by atoms with Crippen LogP contribution in [0.4, 0.5) is 0 Å². The maximum atomic E-state index is 5.23. The second kappa shape index (κ2) is 2.28. The van der Waals surface area contributed by atoms with Crippen LogP contribution < -0.4 is 5.32 Å². The van der Waals surface area contributed by atoms with Crippen molar-refractivity contribution in [2.24, 2.45) is 0 Å². The molecule has 3 saturated heterocycles. The van der Waals surface area contributed by atoms with Gasteiger partial charge in [-0.3, -0.25) is 0 Å². The van der Waals surface area contributed by atoms with E-state index >= 15 is 0 Å². The Kier molecular flexibility index (Phi) is 1.54. The number of rotatable bonds is 4. The zero-order valence-corrected chi connectivity index (χ0v) is 6.92. The summed E-state index contributed by atoms with van der Waals surface area (Å²) in [4.78, 5) is 0. The van der Waals surface area contributed by atoms with E-state index in [0.29, 0.717) is 0 Å². The van der Waals surface area contributed by atoms with E-state index in [1.165, 1.54) is 0 Å². The van der Waals surface area contributed by atoms with Crippen LogP contribution in [0.15, 0.2) is 0 Å². The van der Waals surface area contributed by atoms with Crippen LogP contribution >= 0.6 is 0 Å². The highest BCUT2D eigenvalue weighted by molar-refractivity contribution is 6.65. The molecular formula is C5H11NO3Si. The molecule has 0 spiro atoms. The Morgan fingerprint density at radius 2 is 2.10 bits per heavy atom. The van der Waals surface area contributed by atoms with E-state index in [4.69, 9.17) is 13.3 Å². The van der Waals surface area contributed by atoms with Crippen molar-refractivity contribution >= 4 is 8.80 Å². The van der Waals surface area contributed by atoms with Gasteiger partial charge in [-0.25, -0.2) is 0 Å². The third-order valence-electron chi connectivity index (χ3n) is 1.74. The van der Waals surface area contributed by atoms with Crippen LogP contribution in [0.1, 0.15) is 6.42 Å². The predicted octanol–water partition coefficient (Wildman–Crippen LogP) is -0.105. The molecule has 4 nitrogen and oxygen atoms in total. The van der Waals surface area contributed by atoms with Gasteiger partial charge in [0, 0.05) is 6.04 Å². The molecule has 3 rings (SSSR count). The summed E-state index contributed by atoms with van der Waals surface area (Å²) in [5.41, 5.74) is 0. The quantitative estimate of drug-likeness (QED) is 0.461. The molecule has 2 bridgehead atoms. The number of hydrogen-bond donors (Lipinski definition) is 1. The van der Waals surface area contributed by atoms with Crippen LogP contribution in [-0.2, 0) is 13.3 Å². The summed E-state index contributed by atoms with van der Waals surface area (Å²) in [7, 11) is 0.00621. The first-order valence-electron chi connectivity index (χ1n) is 3.53. The second-order valence-corrected chi connectivity index (χ2v) is 5.11. The minimum Gasteiger partial charge on any atom is -0.324 e. The molecule has 0 atom stereocenters. The largest absolute Gasteiger partial charge is 0.511 e. The molecule has 10 heavy (non-hydrogen) atoms. The summed E-state index contributed by atoms with van der Waals surface area (Å²) in [6.07, 6.45) is 1.08. The van der Waals surface area contributed by atoms with Crippen molar-refractivity contribution in [1.82, 2.24) is 5.32 Å². The Labute approximate surface area is 60.8 Å². The minimum absolute atomic E-state index is 0.277. The summed E-state index contributed by atoms with van der Waals surface area (Å²) in [5.74, 6) is 0. The molecule has 0 radical (unpaired) electrons. The highest BCUT2D eigenvalue weighted by Gasteiger charge is 2.67. The molecule has 3 fully saturated rings. The van der Waals surface area contributed by atoms with Gasteiger partial charge in [-0.1, -0.05) is 0 Å². The van der Waals surface area contributed by atoms with E-state index < -0.39 is 8.80 Å². The van der Waals surface area contributed by atoms with Crippen LogP contribution in [0.2, 0.25) is 6.04 Å². The fourth-order valence-electron chi connectivity index (χ4n) is 1.12. The fourth-order valence-corrected chi connectivity index (χ4v) is 3.02. The molecule has 0 saturated carbocycles. The van der Waals surface area contributed by atoms with Gasteiger partial charge in [0.1, 0.15) is 0 Å². The number of hydrogen-bond acceptors (Lipinski definition) is 4. The van der Waals surface area contributed by atoms with Gasteiger partial charge in [-0.15, -0.1) is 0 Å². The highest BCUT2D eigenvalue weighted by Crippen LogP contribution is 2.43. The van der Waals surface area contributed by atoms with Crippen LogP contribution in [0.5, 0.6) is 0 Å². The van der Waals surface area contributed by atoms with Crippen LogP contribution in [0.25, 0.3) is 0 Å². The molecule has 3 aliphatic heterocycles. The van der Waals surface area contributed by atoms with E-state index in [1.54, 1.807) is 0 Å². The topological polar surface area (TPSA) is 39.7 Å². The summed E-state index contributed by atoms with van der Waals surface area (Å²) in [6, 6.07) is 0.963. The SMILES string of the molecule is CNCCC[Si]12OC(O1)O2. The lowest BCUT2D eigenvalue weighted by molar-refractivity contribution is -0.392. The van der Waals surface area contributed by atoms with E-state index in [2.05, 4.69) is 5.32 Å². The lowest BCUT2D eigenvalue weighted by Gasteiger charge is -2.55. The predicted molar refractivity (Wildman–Crippen MR) is 36.1 cm³/mol. The van der Waals surface area contributed by atoms with Gasteiger partial charge in [-0.2, -0.15) is 0 Å². The maximum Gasteiger partial charge on any atom is 0.511 e. The lowest BCUT2D eigenvalue weighted by Crippen LogP contribution is -2.75. The Balaban J connectivity index is 1.62. The van der Waals surface area contributed by atoms with Crippen molar-refractivity contribution in [3.63, 3.8) is 0 Å². The van der Waals surface area contributed by atoms with Gasteiger partial charge in [0.15, 0.2) is 0 Å². The average Bonchev–Trinajstić information content (AvgIpc) is 1.72. The normalized spacial score (nSPS) is 42.3. The monoisotopic (exact) mass is 161 g/mol. The molecule has 0 amide bonds. The molecule has 0 aromatic rings. The molecule has 58 valence electrons. The van der Waals surface area contributed by atoms with E-state index in [9.17, 15) is 0 Å². The standard InChI is InChI=1S/C5H11NO3Si/c1-6-3-2-4-10-7-5(8-10)9-10/h5-6H,2-4H2,1H3. The molecule has 3 heterocycles. The molecule has 5 heteroatoms. The van der Waals surface area contributed by atoms with Gasteiger partial charge in [0.2, 0.25) is 0 Å². The Hall–Kier alpha value is 0.0569. The van der Waals surface area contributed by atoms with Gasteiger partial charge in [-0.05, 0) is 20.0 Å². The van der Waals surface area contributed by atoms with Gasteiger partial charge < -0.3 is 18.6 Å². The maximum absolute atomic E-state index is 5.23. The molecule has 0 aromatic carbocycles. The molecule has 0 aliphatic carbocycles. The van der Waals surface area contributed by atoms with Gasteiger partial charge in [0.05, 0.1) is 0 Å². The Morgan fingerprint density at radius 3 is 2.50 bits per heavy atom. The Morgan fingerprint density at radius 1 is 1.40 bits per heavy atom. The second-order valence-electron chi connectivity index (χ2n) is 2.53. The summed E-state index contributed by atoms with van der Waals surface area (Å²) in [5, 5.41) is 3.06. The Bertz CT molecular complexity index is 126. The van der Waals surface area contributed by atoms with E-state index in [1.807, 2.05) is 7.05 Å². The van der Waals surface area contributed by atoms with Crippen molar-refractivity contribution in [3.8, 4) is 0 Å². The molecule has 3 aliphatic rings. The number of nitrogens with one attached hydrogen (secondary N) is 1. The van der Waals surface area contributed by atoms with Crippen LogP contribution in [0, 0.1) is 0 Å². The van der Waals surface area contributed by atoms with Crippen molar-refractivity contribution in [2.45, 2.75) is 18.9 Å². The van der Waals surface area contributed by atoms with Crippen molar-refractivity contribution < 1.29 is 13.3 Å². The van der Waals surface area contributed by atoms with E-state index in [-0.39, 0.29) is 6.48 Å². The third-order valence-corrected chi connectivity index (χ3v) is 4.36. The zero-order chi connectivity index (χ0) is 7.03. The lowest BCUT2D eigenvalue weighted by atomic mass is 10.5. The minimum atomic E-state index is -1.93. The first-order chi connectivity index (χ1) is 4.85. The van der Waals surface area contributed by atoms with Crippen molar-refractivity contribution in [2.75, 3.05) is 13.6 Å². The molecule has 0 aromatic heterocycles. The average molecular weight is 161 g/mol. The highest BCUT2D eigenvalue weighted by atomic mass is 28.4. The van der Waals surface area contributed by atoms with E-state index in [0.717, 1.165) is 19.0 Å². The zero-order valence-electron chi connectivity index (χ0n) is 5.92. The van der Waals surface area contributed by atoms with Crippen molar-refractivity contribution in [3.05, 3.63) is 0 Å². The van der Waals surface area contributed by atoms with Crippen LogP contribution in [0.3, 0.4) is 0 Å². The summed E-state index contributed by atoms with van der Waals surface area (Å²) in [6.45, 7) is 0.733. The molecule has 1 N–H and O–H groups in total. The van der Waals surface area contributed by atoms with Crippen molar-refractivity contribution in [1.29, 1.82) is 0 Å². The smallest absolute Gasteiger partial charge is 0.324 e. The molecule has 0 unspecified atom stereocenters. The fraction of sp³-hybridized carbons (Fsp3) is 1.00.